The van der Waals surface area contributed by atoms with Crippen molar-refractivity contribution in [1.82, 2.24) is 9.78 Å². The highest BCUT2D eigenvalue weighted by molar-refractivity contribution is 7.89. The first-order chi connectivity index (χ1) is 13.1. The van der Waals surface area contributed by atoms with E-state index in [0.29, 0.717) is 22.8 Å². The molecule has 0 aliphatic rings. The fraction of sp³-hybridized carbons (Fsp3) is 0.263. The van der Waals surface area contributed by atoms with E-state index in [-0.39, 0.29) is 11.0 Å². The number of nitrogens with two attached hydrogens (primary N) is 1. The zero-order valence-electron chi connectivity index (χ0n) is 15.8. The standard InChI is InChI=1S/C19H22N4O3S2/c1-12(2)26-18-8-7-14(28(20,24)25)10-16(18)22-19(27)9-13-5-4-6-17-15(13)11-21-23(17)3/h4-8,10-12H,9H2,1-3H3,(H,22,27)(H2,20,24,25). The van der Waals surface area contributed by atoms with Gasteiger partial charge in [0.25, 0.3) is 0 Å². The van der Waals surface area contributed by atoms with Crippen molar-refractivity contribution in [3.63, 3.8) is 0 Å². The van der Waals surface area contributed by atoms with Crippen LogP contribution in [0.5, 0.6) is 5.75 Å². The van der Waals surface area contributed by atoms with E-state index in [1.165, 1.54) is 12.1 Å². The van der Waals surface area contributed by atoms with Gasteiger partial charge in [-0.2, -0.15) is 5.10 Å². The van der Waals surface area contributed by atoms with Gasteiger partial charge in [0.05, 0.1) is 33.4 Å². The van der Waals surface area contributed by atoms with Crippen molar-refractivity contribution in [2.45, 2.75) is 31.3 Å². The van der Waals surface area contributed by atoms with E-state index in [0.717, 1.165) is 16.5 Å². The number of benzene rings is 2. The maximum absolute atomic E-state index is 11.7. The van der Waals surface area contributed by atoms with Crippen molar-refractivity contribution in [3.05, 3.63) is 48.2 Å². The van der Waals surface area contributed by atoms with E-state index >= 15 is 0 Å². The average Bonchev–Trinajstić information content (AvgIpc) is 2.97. The van der Waals surface area contributed by atoms with Gasteiger partial charge in [-0.05, 0) is 43.7 Å². The molecule has 3 rings (SSSR count). The summed E-state index contributed by atoms with van der Waals surface area (Å²) in [5, 5.41) is 13.7. The Morgan fingerprint density at radius 3 is 2.75 bits per heavy atom. The fourth-order valence-corrected chi connectivity index (χ4v) is 3.70. The average molecular weight is 419 g/mol. The molecule has 0 spiro atoms. The van der Waals surface area contributed by atoms with Crippen molar-refractivity contribution < 1.29 is 13.2 Å². The minimum absolute atomic E-state index is 0.0109. The number of nitrogens with one attached hydrogen (secondary N) is 1. The lowest BCUT2D eigenvalue weighted by atomic mass is 10.1. The highest BCUT2D eigenvalue weighted by atomic mass is 32.2. The van der Waals surface area contributed by atoms with E-state index in [4.69, 9.17) is 22.1 Å². The molecule has 2 aromatic carbocycles. The second-order valence-corrected chi connectivity index (χ2v) is 8.77. The number of hydrogen-bond acceptors (Lipinski definition) is 5. The van der Waals surface area contributed by atoms with E-state index in [2.05, 4.69) is 10.4 Å². The lowest BCUT2D eigenvalue weighted by molar-refractivity contribution is 0.243. The highest BCUT2D eigenvalue weighted by Crippen LogP contribution is 2.29. The molecule has 0 amide bonds. The van der Waals surface area contributed by atoms with Gasteiger partial charge in [0, 0.05) is 18.9 Å². The van der Waals surface area contributed by atoms with Gasteiger partial charge in [-0.3, -0.25) is 4.68 Å². The van der Waals surface area contributed by atoms with Crippen LogP contribution in [0.25, 0.3) is 10.9 Å². The zero-order valence-corrected chi connectivity index (χ0v) is 17.5. The molecule has 0 aliphatic carbocycles. The number of hydrogen-bond donors (Lipinski definition) is 2. The summed E-state index contributed by atoms with van der Waals surface area (Å²) in [5.41, 5.74) is 2.50. The molecule has 148 valence electrons. The van der Waals surface area contributed by atoms with Gasteiger partial charge >= 0.3 is 0 Å². The van der Waals surface area contributed by atoms with Gasteiger partial charge in [-0.25, -0.2) is 13.6 Å². The monoisotopic (exact) mass is 418 g/mol. The number of aryl methyl sites for hydroxylation is 1. The van der Waals surface area contributed by atoms with E-state index in [9.17, 15) is 8.42 Å². The van der Waals surface area contributed by atoms with Crippen LogP contribution in [0, 0.1) is 0 Å². The molecule has 1 heterocycles. The molecule has 0 saturated carbocycles. The van der Waals surface area contributed by atoms with Crippen LogP contribution in [-0.4, -0.2) is 29.3 Å². The third kappa shape index (κ3) is 4.49. The number of rotatable bonds is 6. The predicted octanol–water partition coefficient (Wildman–Crippen LogP) is 2.99. The first-order valence-corrected chi connectivity index (χ1v) is 10.6. The van der Waals surface area contributed by atoms with Gasteiger partial charge in [-0.1, -0.05) is 24.4 Å². The van der Waals surface area contributed by atoms with Crippen molar-refractivity contribution in [1.29, 1.82) is 0 Å². The molecule has 3 N–H and O–H groups in total. The summed E-state index contributed by atoms with van der Waals surface area (Å²) < 4.78 is 31.0. The molecule has 28 heavy (non-hydrogen) atoms. The van der Waals surface area contributed by atoms with Crippen LogP contribution in [-0.2, 0) is 23.5 Å². The summed E-state index contributed by atoms with van der Waals surface area (Å²) in [6, 6.07) is 10.4. The second-order valence-electron chi connectivity index (χ2n) is 6.71. The SMILES string of the molecule is CC(C)Oc1ccc(S(N)(=O)=O)cc1NC(=S)Cc1cccc2c1cnn2C. The van der Waals surface area contributed by atoms with Gasteiger partial charge < -0.3 is 10.1 Å². The first-order valence-electron chi connectivity index (χ1n) is 8.68. The second kappa shape index (κ2) is 7.86. The Labute approximate surface area is 169 Å². The minimum Gasteiger partial charge on any atom is -0.489 e. The van der Waals surface area contributed by atoms with Crippen molar-refractivity contribution in [2.75, 3.05) is 5.32 Å². The largest absolute Gasteiger partial charge is 0.489 e. The molecule has 0 fully saturated rings. The molecule has 0 bridgehead atoms. The van der Waals surface area contributed by atoms with Crippen molar-refractivity contribution in [3.8, 4) is 5.75 Å². The first kappa shape index (κ1) is 20.2. The lowest BCUT2D eigenvalue weighted by Crippen LogP contribution is -2.17. The van der Waals surface area contributed by atoms with E-state index in [1.54, 1.807) is 10.7 Å². The Morgan fingerprint density at radius 2 is 2.07 bits per heavy atom. The third-order valence-corrected chi connectivity index (χ3v) is 5.31. The van der Waals surface area contributed by atoms with Crippen LogP contribution in [0.4, 0.5) is 5.69 Å². The molecular formula is C19H22N4O3S2. The molecular weight excluding hydrogens is 396 g/mol. The van der Waals surface area contributed by atoms with Crippen LogP contribution in [0.1, 0.15) is 19.4 Å². The minimum atomic E-state index is -3.84. The maximum atomic E-state index is 11.7. The van der Waals surface area contributed by atoms with E-state index in [1.807, 2.05) is 45.3 Å². The molecule has 1 aromatic heterocycles. The Hall–Kier alpha value is -2.49. The van der Waals surface area contributed by atoms with Gasteiger partial charge in [-0.15, -0.1) is 0 Å². The van der Waals surface area contributed by atoms with Crippen LogP contribution >= 0.6 is 12.2 Å². The Kier molecular flexibility index (Phi) is 5.69. The number of nitrogens with zero attached hydrogens (tertiary/aromatic N) is 2. The molecule has 0 atom stereocenters. The summed E-state index contributed by atoms with van der Waals surface area (Å²) in [5.74, 6) is 0.504. The van der Waals surface area contributed by atoms with Crippen LogP contribution in [0.15, 0.2) is 47.5 Å². The number of primary sulfonamides is 1. The normalized spacial score (nSPS) is 11.8. The van der Waals surface area contributed by atoms with Gasteiger partial charge in [0.2, 0.25) is 10.0 Å². The number of anilines is 1. The predicted molar refractivity (Wildman–Crippen MR) is 114 cm³/mol. The number of sulfonamides is 1. The highest BCUT2D eigenvalue weighted by Gasteiger charge is 2.15. The molecule has 0 saturated heterocycles. The number of aromatic nitrogens is 2. The molecule has 3 aromatic rings. The quantitative estimate of drug-likeness (QED) is 0.597. The Balaban J connectivity index is 1.89. The van der Waals surface area contributed by atoms with Gasteiger partial charge in [0.1, 0.15) is 5.75 Å². The van der Waals surface area contributed by atoms with Crippen molar-refractivity contribution >= 4 is 43.8 Å². The summed E-state index contributed by atoms with van der Waals surface area (Å²) in [6.07, 6.45) is 2.19. The Bertz CT molecular complexity index is 1140. The zero-order chi connectivity index (χ0) is 20.5. The number of ether oxygens (including phenoxy) is 1. The number of thiocarbonyl (C=S) groups is 1. The molecule has 7 nitrogen and oxygen atoms in total. The third-order valence-electron chi connectivity index (χ3n) is 4.15. The van der Waals surface area contributed by atoms with Crippen molar-refractivity contribution in [2.24, 2.45) is 12.2 Å². The molecule has 0 aliphatic heterocycles. The topological polar surface area (TPSA) is 99.2 Å². The maximum Gasteiger partial charge on any atom is 0.238 e. The summed E-state index contributed by atoms with van der Waals surface area (Å²) in [7, 11) is -1.96. The van der Waals surface area contributed by atoms with Crippen LogP contribution in [0.2, 0.25) is 0 Å². The summed E-state index contributed by atoms with van der Waals surface area (Å²) >= 11 is 5.52. The lowest BCUT2D eigenvalue weighted by Gasteiger charge is -2.17. The smallest absolute Gasteiger partial charge is 0.238 e. The Morgan fingerprint density at radius 1 is 1.32 bits per heavy atom. The summed E-state index contributed by atoms with van der Waals surface area (Å²) in [4.78, 5) is 0.514. The van der Waals surface area contributed by atoms with E-state index < -0.39 is 10.0 Å². The molecule has 9 heteroatoms. The fourth-order valence-electron chi connectivity index (χ4n) is 2.90. The van der Waals surface area contributed by atoms with Gasteiger partial charge in [0.15, 0.2) is 0 Å². The number of fused-ring (bicyclic) bond motifs is 1. The summed E-state index contributed by atoms with van der Waals surface area (Å²) in [6.45, 7) is 3.78. The van der Waals surface area contributed by atoms with Crippen LogP contribution in [0.3, 0.4) is 0 Å². The molecule has 0 unspecified atom stereocenters. The molecule has 0 radical (unpaired) electrons. The van der Waals surface area contributed by atoms with Crippen LogP contribution < -0.4 is 15.2 Å².